The molecule has 2 N–H and O–H groups in total. The summed E-state index contributed by atoms with van der Waals surface area (Å²) in [6, 6.07) is 7.58. The molecular formula is C16H27NO2S. The van der Waals surface area contributed by atoms with Gasteiger partial charge in [0, 0.05) is 6.04 Å². The van der Waals surface area contributed by atoms with Crippen molar-refractivity contribution in [3.63, 3.8) is 0 Å². The van der Waals surface area contributed by atoms with Crippen LogP contribution in [0.15, 0.2) is 29.2 Å². The molecule has 3 nitrogen and oxygen atoms in total. The van der Waals surface area contributed by atoms with Crippen LogP contribution >= 0.6 is 0 Å². The highest BCUT2D eigenvalue weighted by atomic mass is 32.2. The normalized spacial score (nSPS) is 15.3. The summed E-state index contributed by atoms with van der Waals surface area (Å²) < 4.78 is 24.2. The van der Waals surface area contributed by atoms with E-state index in [1.54, 1.807) is 26.0 Å². The Balaban J connectivity index is 2.89. The predicted octanol–water partition coefficient (Wildman–Crippen LogP) is 3.49. The van der Waals surface area contributed by atoms with Crippen LogP contribution in [0, 0.1) is 0 Å². The first kappa shape index (κ1) is 17.2. The molecule has 0 saturated heterocycles. The summed E-state index contributed by atoms with van der Waals surface area (Å²) in [5, 5.41) is -0.381. The largest absolute Gasteiger partial charge is 0.328 e. The third-order valence-corrected chi connectivity index (χ3v) is 5.93. The average molecular weight is 297 g/mol. The lowest BCUT2D eigenvalue weighted by molar-refractivity contribution is 0.532. The molecule has 0 aliphatic carbocycles. The Morgan fingerprint density at radius 2 is 1.60 bits per heavy atom. The Kier molecular flexibility index (Phi) is 6.21. The summed E-state index contributed by atoms with van der Waals surface area (Å²) in [6.07, 6.45) is 3.08. The van der Waals surface area contributed by atoms with Gasteiger partial charge in [-0.1, -0.05) is 19.1 Å². The van der Waals surface area contributed by atoms with Crippen LogP contribution < -0.4 is 5.73 Å². The van der Waals surface area contributed by atoms with Crippen LogP contribution in [-0.2, 0) is 9.84 Å². The predicted molar refractivity (Wildman–Crippen MR) is 84.7 cm³/mol. The zero-order valence-electron chi connectivity index (χ0n) is 13.0. The molecule has 2 atom stereocenters. The highest BCUT2D eigenvalue weighted by Gasteiger charge is 2.19. The molecule has 20 heavy (non-hydrogen) atoms. The van der Waals surface area contributed by atoms with Gasteiger partial charge in [0.25, 0.3) is 0 Å². The van der Waals surface area contributed by atoms with E-state index in [2.05, 4.69) is 6.92 Å². The SMILES string of the molecule is CCC(CCC(C)N)c1ccc(S(=O)(=O)C(C)C)cc1. The fourth-order valence-electron chi connectivity index (χ4n) is 2.27. The summed E-state index contributed by atoms with van der Waals surface area (Å²) in [6.45, 7) is 7.59. The number of hydrogen-bond donors (Lipinski definition) is 1. The molecule has 0 aromatic heterocycles. The molecule has 1 aromatic rings. The highest BCUT2D eigenvalue weighted by Crippen LogP contribution is 2.27. The fraction of sp³-hybridized carbons (Fsp3) is 0.625. The van der Waals surface area contributed by atoms with Crippen LogP contribution in [-0.4, -0.2) is 19.7 Å². The zero-order valence-corrected chi connectivity index (χ0v) is 13.8. The Bertz CT molecular complexity index is 504. The van der Waals surface area contributed by atoms with E-state index in [4.69, 9.17) is 5.73 Å². The summed E-state index contributed by atoms with van der Waals surface area (Å²) in [5.74, 6) is 0.455. The third kappa shape index (κ3) is 4.32. The Hall–Kier alpha value is -0.870. The number of benzene rings is 1. The van der Waals surface area contributed by atoms with Crippen LogP contribution in [0.25, 0.3) is 0 Å². The summed E-state index contributed by atoms with van der Waals surface area (Å²) in [4.78, 5) is 0.415. The topological polar surface area (TPSA) is 60.2 Å². The lowest BCUT2D eigenvalue weighted by atomic mass is 9.91. The number of rotatable bonds is 7. The summed E-state index contributed by atoms with van der Waals surface area (Å²) in [5.41, 5.74) is 7.01. The summed E-state index contributed by atoms with van der Waals surface area (Å²) >= 11 is 0. The van der Waals surface area contributed by atoms with Gasteiger partial charge in [0.1, 0.15) is 0 Å². The van der Waals surface area contributed by atoms with Gasteiger partial charge < -0.3 is 5.73 Å². The van der Waals surface area contributed by atoms with Crippen molar-refractivity contribution >= 4 is 9.84 Å². The van der Waals surface area contributed by atoms with Crippen molar-refractivity contribution in [2.24, 2.45) is 5.73 Å². The fourth-order valence-corrected chi connectivity index (χ4v) is 3.33. The molecule has 0 amide bonds. The lowest BCUT2D eigenvalue weighted by Crippen LogP contribution is -2.16. The molecule has 0 bridgehead atoms. The van der Waals surface area contributed by atoms with E-state index >= 15 is 0 Å². The lowest BCUT2D eigenvalue weighted by Gasteiger charge is -2.17. The van der Waals surface area contributed by atoms with E-state index in [1.807, 2.05) is 19.1 Å². The first-order valence-electron chi connectivity index (χ1n) is 7.38. The molecule has 0 aliphatic heterocycles. The molecular weight excluding hydrogens is 270 g/mol. The van der Waals surface area contributed by atoms with E-state index in [0.29, 0.717) is 10.8 Å². The standard InChI is InChI=1S/C16H27NO2S/c1-5-14(7-6-13(4)17)15-8-10-16(11-9-15)20(18,19)12(2)3/h8-14H,5-7,17H2,1-4H3. The van der Waals surface area contributed by atoms with Gasteiger partial charge in [-0.2, -0.15) is 0 Å². The molecule has 0 radical (unpaired) electrons. The molecule has 1 aromatic carbocycles. The first-order valence-corrected chi connectivity index (χ1v) is 8.93. The van der Waals surface area contributed by atoms with Crippen LogP contribution in [0.3, 0.4) is 0 Å². The first-order chi connectivity index (χ1) is 9.28. The quantitative estimate of drug-likeness (QED) is 0.838. The van der Waals surface area contributed by atoms with Gasteiger partial charge in [-0.25, -0.2) is 8.42 Å². The molecule has 0 aliphatic rings. The zero-order chi connectivity index (χ0) is 15.3. The smallest absolute Gasteiger partial charge is 0.180 e. The van der Waals surface area contributed by atoms with Crippen LogP contribution in [0.4, 0.5) is 0 Å². The summed E-state index contributed by atoms with van der Waals surface area (Å²) in [7, 11) is -3.17. The van der Waals surface area contributed by atoms with Crippen molar-refractivity contribution < 1.29 is 8.42 Å². The van der Waals surface area contributed by atoms with Gasteiger partial charge in [0.05, 0.1) is 10.1 Å². The van der Waals surface area contributed by atoms with E-state index in [1.165, 1.54) is 5.56 Å². The second-order valence-corrected chi connectivity index (χ2v) is 8.33. The molecule has 0 fully saturated rings. The minimum absolute atomic E-state index is 0.213. The number of hydrogen-bond acceptors (Lipinski definition) is 3. The average Bonchev–Trinajstić information content (AvgIpc) is 2.39. The Morgan fingerprint density at radius 1 is 1.05 bits per heavy atom. The van der Waals surface area contributed by atoms with Gasteiger partial charge in [-0.05, 0) is 63.6 Å². The van der Waals surface area contributed by atoms with Crippen molar-refractivity contribution in [1.82, 2.24) is 0 Å². The molecule has 2 unspecified atom stereocenters. The molecule has 0 saturated carbocycles. The van der Waals surface area contributed by atoms with Gasteiger partial charge in [-0.3, -0.25) is 0 Å². The number of sulfone groups is 1. The molecule has 0 heterocycles. The van der Waals surface area contributed by atoms with Crippen molar-refractivity contribution in [3.05, 3.63) is 29.8 Å². The van der Waals surface area contributed by atoms with Gasteiger partial charge in [-0.15, -0.1) is 0 Å². The van der Waals surface area contributed by atoms with Crippen LogP contribution in [0.5, 0.6) is 0 Å². The van der Waals surface area contributed by atoms with E-state index in [0.717, 1.165) is 19.3 Å². The van der Waals surface area contributed by atoms with Gasteiger partial charge in [0.15, 0.2) is 9.84 Å². The maximum Gasteiger partial charge on any atom is 0.180 e. The van der Waals surface area contributed by atoms with Gasteiger partial charge in [0.2, 0.25) is 0 Å². The van der Waals surface area contributed by atoms with Crippen LogP contribution in [0.1, 0.15) is 58.4 Å². The number of nitrogens with two attached hydrogens (primary N) is 1. The second kappa shape index (κ2) is 7.23. The Morgan fingerprint density at radius 3 is 2.00 bits per heavy atom. The second-order valence-electron chi connectivity index (χ2n) is 5.82. The highest BCUT2D eigenvalue weighted by molar-refractivity contribution is 7.92. The van der Waals surface area contributed by atoms with Crippen molar-refractivity contribution in [2.45, 2.75) is 69.1 Å². The van der Waals surface area contributed by atoms with E-state index in [-0.39, 0.29) is 11.3 Å². The minimum Gasteiger partial charge on any atom is -0.328 e. The minimum atomic E-state index is -3.17. The molecule has 0 spiro atoms. The van der Waals surface area contributed by atoms with Crippen LogP contribution in [0.2, 0.25) is 0 Å². The van der Waals surface area contributed by atoms with Crippen molar-refractivity contribution in [1.29, 1.82) is 0 Å². The van der Waals surface area contributed by atoms with E-state index in [9.17, 15) is 8.42 Å². The van der Waals surface area contributed by atoms with Gasteiger partial charge >= 0.3 is 0 Å². The third-order valence-electron chi connectivity index (χ3n) is 3.76. The maximum atomic E-state index is 12.1. The molecule has 4 heteroatoms. The Labute approximate surface area is 123 Å². The maximum absolute atomic E-state index is 12.1. The molecule has 114 valence electrons. The van der Waals surface area contributed by atoms with Crippen molar-refractivity contribution in [2.75, 3.05) is 0 Å². The monoisotopic (exact) mass is 297 g/mol. The van der Waals surface area contributed by atoms with E-state index < -0.39 is 9.84 Å². The molecule has 1 rings (SSSR count). The van der Waals surface area contributed by atoms with Crippen molar-refractivity contribution in [3.8, 4) is 0 Å².